The van der Waals surface area contributed by atoms with Crippen LogP contribution in [-0.4, -0.2) is 38.7 Å². The van der Waals surface area contributed by atoms with E-state index < -0.39 is 5.96 Å². The van der Waals surface area contributed by atoms with Gasteiger partial charge in [0, 0.05) is 0 Å². The summed E-state index contributed by atoms with van der Waals surface area (Å²) in [6.07, 6.45) is 1.20. The molecule has 74 valence electrons. The molecule has 0 atom stereocenters. The van der Waals surface area contributed by atoms with Crippen LogP contribution >= 0.6 is 17.2 Å². The molecule has 0 unspecified atom stereocenters. The van der Waals surface area contributed by atoms with Crippen LogP contribution < -0.4 is 0 Å². The van der Waals surface area contributed by atoms with Gasteiger partial charge < -0.3 is 0 Å². The summed E-state index contributed by atoms with van der Waals surface area (Å²) in [7, 11) is 0. The fourth-order valence-corrected chi connectivity index (χ4v) is 1.89. The average Bonchev–Trinajstić information content (AvgIpc) is 1.82. The molecule has 2 nitrogen and oxygen atoms in total. The molecule has 4 heteroatoms. The van der Waals surface area contributed by atoms with Gasteiger partial charge in [0.2, 0.25) is 0 Å². The zero-order valence-electron chi connectivity index (χ0n) is 8.26. The molecule has 0 N–H and O–H groups in total. The van der Waals surface area contributed by atoms with Crippen molar-refractivity contribution in [2.45, 2.75) is 13.3 Å². The fraction of sp³-hybridized carbons (Fsp3) is 0.875. The molecular weight excluding hydrogens is 195 g/mol. The Balaban J connectivity index is 3.77. The van der Waals surface area contributed by atoms with Crippen LogP contribution in [0.3, 0.4) is 0 Å². The molecule has 0 heterocycles. The number of hydrogen-bond acceptors (Lipinski definition) is 2. The monoisotopic (exact) mass is 212 g/mol. The minimum absolute atomic E-state index is 0.141. The number of ether oxygens (including phenoxy) is 1. The number of carbonyl (C=O) groups excluding carboxylic acids is 1. The number of hydrogen-bond donors (Lipinski definition) is 0. The first-order valence-electron chi connectivity index (χ1n) is 4.08. The van der Waals surface area contributed by atoms with Gasteiger partial charge in [-0.25, -0.2) is 0 Å². The molecule has 0 aromatic carbocycles. The summed E-state index contributed by atoms with van der Waals surface area (Å²) in [6, 6.07) is 0. The molecule has 0 aliphatic carbocycles. The summed E-state index contributed by atoms with van der Waals surface area (Å²) in [4.78, 5) is 11.0. The van der Waals surface area contributed by atoms with Crippen molar-refractivity contribution in [2.75, 3.05) is 32.8 Å². The fourth-order valence-electron chi connectivity index (χ4n) is 0.702. The second-order valence-electron chi connectivity index (χ2n) is 4.20. The summed E-state index contributed by atoms with van der Waals surface area (Å²) in [6.45, 7) is 8.36. The van der Waals surface area contributed by atoms with Crippen molar-refractivity contribution in [3.63, 3.8) is 0 Å². The number of carbonyl (C=O) groups is 1. The summed E-state index contributed by atoms with van der Waals surface area (Å²) in [5.74, 6) is -2.17. The van der Waals surface area contributed by atoms with E-state index in [4.69, 9.17) is 16.0 Å². The number of rotatable bonds is 4. The minimum atomic E-state index is -2.03. The van der Waals surface area contributed by atoms with E-state index in [0.29, 0.717) is 13.0 Å². The van der Waals surface area contributed by atoms with Gasteiger partial charge in [0.1, 0.15) is 0 Å². The van der Waals surface area contributed by atoms with Crippen molar-refractivity contribution in [1.82, 2.24) is 0 Å². The molecule has 0 aliphatic rings. The van der Waals surface area contributed by atoms with Gasteiger partial charge in [-0.3, -0.25) is 0 Å². The van der Waals surface area contributed by atoms with Gasteiger partial charge in [0.25, 0.3) is 0 Å². The molecule has 0 rings (SSSR count). The maximum atomic E-state index is 11.0. The molecule has 0 spiro atoms. The van der Waals surface area contributed by atoms with Gasteiger partial charge in [0.05, 0.1) is 0 Å². The van der Waals surface area contributed by atoms with Crippen molar-refractivity contribution < 1.29 is 9.53 Å². The van der Waals surface area contributed by atoms with E-state index in [9.17, 15) is 4.79 Å². The van der Waals surface area contributed by atoms with Crippen LogP contribution in [0.25, 0.3) is 0 Å². The van der Waals surface area contributed by atoms with E-state index >= 15 is 0 Å². The van der Waals surface area contributed by atoms with Crippen LogP contribution in [0.1, 0.15) is 13.3 Å². The molecular formula is C8H18ClO2P. The molecule has 0 aromatic heterocycles. The summed E-state index contributed by atoms with van der Waals surface area (Å²) < 4.78 is 4.81. The van der Waals surface area contributed by atoms with Gasteiger partial charge in [0.15, 0.2) is 0 Å². The van der Waals surface area contributed by atoms with Gasteiger partial charge in [-0.2, -0.15) is 0 Å². The zero-order chi connectivity index (χ0) is 9.85. The van der Waals surface area contributed by atoms with E-state index in [1.54, 1.807) is 0 Å². The average molecular weight is 213 g/mol. The van der Waals surface area contributed by atoms with E-state index in [0.717, 1.165) is 6.16 Å². The molecule has 12 heavy (non-hydrogen) atoms. The van der Waals surface area contributed by atoms with Crippen LogP contribution in [0.15, 0.2) is 0 Å². The molecule has 0 bridgehead atoms. The summed E-state index contributed by atoms with van der Waals surface area (Å²) in [5, 5.41) is 0. The van der Waals surface area contributed by atoms with Crippen molar-refractivity contribution in [3.8, 4) is 0 Å². The second-order valence-corrected chi connectivity index (χ2v) is 14.2. The van der Waals surface area contributed by atoms with Crippen LogP contribution in [0.4, 0.5) is 0 Å². The summed E-state index contributed by atoms with van der Waals surface area (Å²) >= 11 is 6.26. The second kappa shape index (κ2) is 3.93. The quantitative estimate of drug-likeness (QED) is 0.529. The Kier molecular flexibility index (Phi) is 3.99. The SMILES string of the molecule is CCOC(=O)CCP(C)(C)(C)Cl. The Morgan fingerprint density at radius 3 is 2.25 bits per heavy atom. The molecule has 0 radical (unpaired) electrons. The van der Waals surface area contributed by atoms with E-state index in [1.165, 1.54) is 0 Å². The third kappa shape index (κ3) is 8.29. The Hall–Kier alpha value is 0.190. The first-order chi connectivity index (χ1) is 5.21. The van der Waals surface area contributed by atoms with Crippen molar-refractivity contribution in [2.24, 2.45) is 0 Å². The van der Waals surface area contributed by atoms with Crippen LogP contribution in [0.2, 0.25) is 0 Å². The topological polar surface area (TPSA) is 26.3 Å². The van der Waals surface area contributed by atoms with Crippen LogP contribution in [0, 0.1) is 0 Å². The first kappa shape index (κ1) is 12.2. The van der Waals surface area contributed by atoms with Crippen molar-refractivity contribution in [3.05, 3.63) is 0 Å². The Morgan fingerprint density at radius 1 is 1.42 bits per heavy atom. The summed E-state index contributed by atoms with van der Waals surface area (Å²) in [5.41, 5.74) is 0. The molecule has 0 aromatic rings. The van der Waals surface area contributed by atoms with E-state index in [1.807, 2.05) is 26.9 Å². The maximum absolute atomic E-state index is 11.0. The van der Waals surface area contributed by atoms with Crippen molar-refractivity contribution in [1.29, 1.82) is 0 Å². The third-order valence-corrected chi connectivity index (χ3v) is 3.62. The predicted molar refractivity (Wildman–Crippen MR) is 56.7 cm³/mol. The Morgan fingerprint density at radius 2 is 1.92 bits per heavy atom. The van der Waals surface area contributed by atoms with E-state index in [2.05, 4.69) is 0 Å². The Labute approximate surface area is 79.3 Å². The molecule has 0 fully saturated rings. The zero-order valence-corrected chi connectivity index (χ0v) is 9.91. The van der Waals surface area contributed by atoms with Gasteiger partial charge in [-0.05, 0) is 0 Å². The molecule has 0 aliphatic heterocycles. The van der Waals surface area contributed by atoms with Gasteiger partial charge in [-0.1, -0.05) is 0 Å². The van der Waals surface area contributed by atoms with E-state index in [-0.39, 0.29) is 5.97 Å². The van der Waals surface area contributed by atoms with Crippen LogP contribution in [0.5, 0.6) is 0 Å². The molecule has 0 amide bonds. The first-order valence-corrected chi connectivity index (χ1v) is 8.75. The standard InChI is InChI=1S/C8H18ClO2P/c1-5-11-8(10)6-7-12(2,3,4)9/h5-7H2,1-4H3. The van der Waals surface area contributed by atoms with Crippen LogP contribution in [-0.2, 0) is 9.53 Å². The number of esters is 1. The van der Waals surface area contributed by atoms with Gasteiger partial charge in [-0.15, -0.1) is 0 Å². The van der Waals surface area contributed by atoms with Crippen molar-refractivity contribution >= 4 is 23.2 Å². The number of halogens is 1. The third-order valence-electron chi connectivity index (χ3n) is 1.38. The molecule has 0 saturated heterocycles. The normalized spacial score (nSPS) is 14.9. The van der Waals surface area contributed by atoms with Gasteiger partial charge >= 0.3 is 78.8 Å². The Bertz CT molecular complexity index is 162. The molecule has 0 saturated carbocycles. The predicted octanol–water partition coefficient (Wildman–Crippen LogP) is 2.54.